The Bertz CT molecular complexity index is 988. The number of aliphatic imine (C=N–C) groups is 1. The van der Waals surface area contributed by atoms with Gasteiger partial charge >= 0.3 is 0 Å². The van der Waals surface area contributed by atoms with E-state index in [4.69, 9.17) is 28.8 Å². The number of amides is 1. The number of halogens is 2. The van der Waals surface area contributed by atoms with Crippen molar-refractivity contribution in [2.75, 3.05) is 0 Å². The first-order chi connectivity index (χ1) is 11.4. The molecule has 1 heterocycles. The maximum atomic E-state index is 12.6. The zero-order valence-corrected chi connectivity index (χ0v) is 16.2. The van der Waals surface area contributed by atoms with Crippen molar-refractivity contribution >= 4 is 62.5 Å². The number of carbonyl (C=O) groups is 1. The van der Waals surface area contributed by atoms with Crippen LogP contribution in [0.25, 0.3) is 10.8 Å². The van der Waals surface area contributed by atoms with Crippen LogP contribution in [0.3, 0.4) is 0 Å². The molecule has 0 spiro atoms. The highest BCUT2D eigenvalue weighted by Gasteiger charge is 2.31. The van der Waals surface area contributed by atoms with E-state index in [2.05, 4.69) is 14.7 Å². The largest absolute Gasteiger partial charge is 0.370 e. The van der Waals surface area contributed by atoms with Gasteiger partial charge in [-0.2, -0.15) is 9.71 Å². The van der Waals surface area contributed by atoms with Gasteiger partial charge in [-0.25, -0.2) is 13.4 Å². The molecule has 1 amide bonds. The highest BCUT2D eigenvalue weighted by atomic mass is 35.5. The summed E-state index contributed by atoms with van der Waals surface area (Å²) in [5.41, 5.74) is 14.5. The fraction of sp³-hybridized carbons (Fsp3) is 0.214. The maximum Gasteiger partial charge on any atom is 0.241 e. The molecule has 0 aliphatic rings. The molecule has 142 valence electrons. The lowest BCUT2D eigenvalue weighted by molar-refractivity contribution is -0.122. The number of aromatic nitrogens is 1. The molecule has 0 aliphatic heterocycles. The van der Waals surface area contributed by atoms with Crippen molar-refractivity contribution in [1.29, 1.82) is 0 Å². The number of sulfonamides is 1. The molecule has 2 rings (SSSR count). The Balaban J connectivity index is 0.00000338. The van der Waals surface area contributed by atoms with Gasteiger partial charge in [0, 0.05) is 17.0 Å². The van der Waals surface area contributed by atoms with Gasteiger partial charge in [0.05, 0.1) is 9.92 Å². The molecule has 0 fully saturated rings. The maximum absolute atomic E-state index is 12.6. The number of hydrogen-bond donors (Lipinski definition) is 4. The van der Waals surface area contributed by atoms with Gasteiger partial charge in [-0.15, -0.1) is 12.4 Å². The number of nitrogens with one attached hydrogen (secondary N) is 1. The molecule has 7 N–H and O–H groups in total. The fourth-order valence-corrected chi connectivity index (χ4v) is 3.62. The molecule has 9 nitrogen and oxygen atoms in total. The van der Waals surface area contributed by atoms with Gasteiger partial charge in [-0.1, -0.05) is 17.7 Å². The van der Waals surface area contributed by atoms with Crippen LogP contribution in [0.2, 0.25) is 5.02 Å². The minimum absolute atomic E-state index is 0. The van der Waals surface area contributed by atoms with Crippen LogP contribution in [0.15, 0.2) is 34.3 Å². The van der Waals surface area contributed by atoms with Crippen molar-refractivity contribution in [3.05, 3.63) is 29.4 Å². The third-order valence-electron chi connectivity index (χ3n) is 3.34. The first kappa shape index (κ1) is 21.9. The van der Waals surface area contributed by atoms with Gasteiger partial charge in [-0.05, 0) is 26.0 Å². The lowest BCUT2D eigenvalue weighted by Crippen LogP contribution is -2.52. The van der Waals surface area contributed by atoms with Crippen LogP contribution in [-0.4, -0.2) is 30.8 Å². The third-order valence-corrected chi connectivity index (χ3v) is 5.30. The highest BCUT2D eigenvalue weighted by Crippen LogP contribution is 2.31. The van der Waals surface area contributed by atoms with Crippen LogP contribution >= 0.6 is 24.0 Å². The molecular formula is C14H18Cl2N6O3S. The summed E-state index contributed by atoms with van der Waals surface area (Å²) >= 11 is 6.08. The van der Waals surface area contributed by atoms with Crippen molar-refractivity contribution in [2.24, 2.45) is 22.2 Å². The number of benzene rings is 1. The Morgan fingerprint density at radius 3 is 2.38 bits per heavy atom. The van der Waals surface area contributed by atoms with Crippen LogP contribution in [0.1, 0.15) is 13.8 Å². The monoisotopic (exact) mass is 420 g/mol. The number of pyridine rings is 1. The molecular weight excluding hydrogens is 403 g/mol. The van der Waals surface area contributed by atoms with Crippen LogP contribution in [0.5, 0.6) is 0 Å². The van der Waals surface area contributed by atoms with E-state index in [0.717, 1.165) is 0 Å². The molecule has 0 saturated heterocycles. The predicted molar refractivity (Wildman–Crippen MR) is 103 cm³/mol. The van der Waals surface area contributed by atoms with E-state index < -0.39 is 21.5 Å². The van der Waals surface area contributed by atoms with E-state index in [1.165, 1.54) is 38.2 Å². The second kappa shape index (κ2) is 7.62. The zero-order valence-electron chi connectivity index (χ0n) is 13.9. The quantitative estimate of drug-likeness (QED) is 0.411. The number of carbonyl (C=O) groups excluding carboxylic acids is 1. The zero-order chi connectivity index (χ0) is 19.0. The molecule has 0 saturated carbocycles. The standard InChI is InChI=1S/C14H17ClN6O3S.ClH/c1-14(2,12(16)22)21-25(23,24)7-3-4-8-9(5-7)11(20-13(17)18)19-6-10(8)15;/h3-6,21H,1-2H3,(H2,16,22)(H4,17,18,19,20);1H. The van der Waals surface area contributed by atoms with E-state index in [0.29, 0.717) is 15.8 Å². The van der Waals surface area contributed by atoms with Crippen molar-refractivity contribution in [3.63, 3.8) is 0 Å². The van der Waals surface area contributed by atoms with Crippen molar-refractivity contribution < 1.29 is 13.2 Å². The minimum atomic E-state index is -4.05. The number of rotatable bonds is 5. The van der Waals surface area contributed by atoms with Gasteiger partial charge in [0.15, 0.2) is 11.8 Å². The summed E-state index contributed by atoms with van der Waals surface area (Å²) in [4.78, 5) is 19.1. The minimum Gasteiger partial charge on any atom is -0.370 e. The topological polar surface area (TPSA) is 167 Å². The molecule has 0 atom stereocenters. The molecule has 0 aliphatic carbocycles. The van der Waals surface area contributed by atoms with E-state index >= 15 is 0 Å². The van der Waals surface area contributed by atoms with E-state index in [9.17, 15) is 13.2 Å². The van der Waals surface area contributed by atoms with Gasteiger partial charge in [-0.3, -0.25) is 4.79 Å². The Kier molecular flexibility index (Phi) is 6.42. The Hall–Kier alpha value is -2.14. The molecule has 0 unspecified atom stereocenters. The van der Waals surface area contributed by atoms with Gasteiger partial charge < -0.3 is 17.2 Å². The molecule has 0 radical (unpaired) electrons. The second-order valence-electron chi connectivity index (χ2n) is 5.77. The normalized spacial score (nSPS) is 11.7. The van der Waals surface area contributed by atoms with Crippen molar-refractivity contribution in [1.82, 2.24) is 9.71 Å². The number of primary amides is 1. The van der Waals surface area contributed by atoms with Crippen LogP contribution in [0, 0.1) is 0 Å². The number of nitrogens with two attached hydrogens (primary N) is 3. The van der Waals surface area contributed by atoms with Crippen LogP contribution < -0.4 is 21.9 Å². The first-order valence-corrected chi connectivity index (χ1v) is 8.82. The summed E-state index contributed by atoms with van der Waals surface area (Å²) in [7, 11) is -4.05. The fourth-order valence-electron chi connectivity index (χ4n) is 2.00. The number of nitrogens with zero attached hydrogens (tertiary/aromatic N) is 2. The Morgan fingerprint density at radius 2 is 1.85 bits per heavy atom. The lowest BCUT2D eigenvalue weighted by Gasteiger charge is -2.22. The van der Waals surface area contributed by atoms with E-state index in [1.807, 2.05) is 0 Å². The van der Waals surface area contributed by atoms with Crippen LogP contribution in [-0.2, 0) is 14.8 Å². The predicted octanol–water partition coefficient (Wildman–Crippen LogP) is 0.757. The second-order valence-corrected chi connectivity index (χ2v) is 7.86. The molecule has 12 heteroatoms. The highest BCUT2D eigenvalue weighted by molar-refractivity contribution is 7.89. The number of fused-ring (bicyclic) bond motifs is 1. The van der Waals surface area contributed by atoms with Crippen molar-refractivity contribution in [3.8, 4) is 0 Å². The van der Waals surface area contributed by atoms with E-state index in [-0.39, 0.29) is 29.1 Å². The molecule has 2 aromatic rings. The Morgan fingerprint density at radius 1 is 1.23 bits per heavy atom. The first-order valence-electron chi connectivity index (χ1n) is 6.96. The summed E-state index contributed by atoms with van der Waals surface area (Å²) in [6, 6.07) is 4.15. The average molecular weight is 421 g/mol. The summed E-state index contributed by atoms with van der Waals surface area (Å²) in [6.45, 7) is 2.72. The average Bonchev–Trinajstić information content (AvgIpc) is 2.48. The Labute approximate surface area is 161 Å². The number of hydrogen-bond acceptors (Lipinski definition) is 5. The van der Waals surface area contributed by atoms with Gasteiger partial charge in [0.25, 0.3) is 0 Å². The molecule has 1 aromatic carbocycles. The summed E-state index contributed by atoms with van der Waals surface area (Å²) in [6.07, 6.45) is 1.36. The summed E-state index contributed by atoms with van der Waals surface area (Å²) in [5, 5.41) is 1.16. The molecule has 1 aromatic heterocycles. The molecule has 26 heavy (non-hydrogen) atoms. The lowest BCUT2D eigenvalue weighted by atomic mass is 10.1. The summed E-state index contributed by atoms with van der Waals surface area (Å²) in [5.74, 6) is -0.939. The van der Waals surface area contributed by atoms with Crippen LogP contribution in [0.4, 0.5) is 5.82 Å². The van der Waals surface area contributed by atoms with Gasteiger partial charge in [0.2, 0.25) is 15.9 Å². The van der Waals surface area contributed by atoms with Crippen molar-refractivity contribution in [2.45, 2.75) is 24.3 Å². The van der Waals surface area contributed by atoms with Gasteiger partial charge in [0.1, 0.15) is 5.54 Å². The number of guanidine groups is 1. The SMILES string of the molecule is CC(C)(NS(=O)(=O)c1ccc2c(Cl)cnc(N=C(N)N)c2c1)C(N)=O.Cl. The summed E-state index contributed by atoms with van der Waals surface area (Å²) < 4.78 is 27.4. The third kappa shape index (κ3) is 4.52. The molecule has 0 bridgehead atoms. The smallest absolute Gasteiger partial charge is 0.241 e. The van der Waals surface area contributed by atoms with E-state index in [1.54, 1.807) is 0 Å².